The van der Waals surface area contributed by atoms with Gasteiger partial charge in [-0.25, -0.2) is 4.48 Å². The zero-order valence-corrected chi connectivity index (χ0v) is 13.8. The summed E-state index contributed by atoms with van der Waals surface area (Å²) < 4.78 is 0.142. The molecule has 0 aromatic heterocycles. The molecule has 1 aliphatic heterocycles. The van der Waals surface area contributed by atoms with Gasteiger partial charge in [-0.1, -0.05) is 12.1 Å². The third-order valence-corrected chi connectivity index (χ3v) is 4.91. The number of nitrogens with zero attached hydrogens (tertiary/aromatic N) is 1. The van der Waals surface area contributed by atoms with Crippen LogP contribution < -0.4 is 11.1 Å². The van der Waals surface area contributed by atoms with Gasteiger partial charge in [0.05, 0.1) is 24.5 Å². The summed E-state index contributed by atoms with van der Waals surface area (Å²) in [6.45, 7) is 8.20. The maximum atomic E-state index is 11.9. The molecule has 2 rings (SSSR count). The summed E-state index contributed by atoms with van der Waals surface area (Å²) in [6, 6.07) is 7.69. The molecule has 22 heavy (non-hydrogen) atoms. The van der Waals surface area contributed by atoms with Crippen molar-refractivity contribution in [1.29, 1.82) is 0 Å². The smallest absolute Gasteiger partial charge is 0.435 e. The van der Waals surface area contributed by atoms with Crippen molar-refractivity contribution in [3.05, 3.63) is 24.3 Å². The first-order valence-corrected chi connectivity index (χ1v) is 7.95. The lowest BCUT2D eigenvalue weighted by molar-refractivity contribution is -0.911. The Kier molecular flexibility index (Phi) is 4.66. The minimum absolute atomic E-state index is 0.142. The molecule has 0 aliphatic carbocycles. The van der Waals surface area contributed by atoms with Crippen molar-refractivity contribution in [2.75, 3.05) is 30.7 Å². The molecule has 5 nitrogen and oxygen atoms in total. The fraction of sp³-hybridized carbons (Fsp3) is 0.588. The molecule has 1 saturated heterocycles. The standard InChI is InChI=1S/C17H27N3O2/c1-17(2,3)20(16(21)22)10-6-7-13(12-20)11-19-15-9-5-4-8-14(15)18/h4-5,8-9,13,19H,6-7,10-12,18H2,1-3H3/p+1/t13-,20?/m1/s1. The number of benzene rings is 1. The van der Waals surface area contributed by atoms with Crippen molar-refractivity contribution in [2.24, 2.45) is 5.92 Å². The van der Waals surface area contributed by atoms with Crippen LogP contribution in [0.25, 0.3) is 0 Å². The van der Waals surface area contributed by atoms with E-state index in [1.165, 1.54) is 0 Å². The van der Waals surface area contributed by atoms with Crippen LogP contribution in [0.4, 0.5) is 16.2 Å². The average molecular weight is 306 g/mol. The largest absolute Gasteiger partial charge is 0.513 e. The molecule has 1 fully saturated rings. The number of hydrogen-bond acceptors (Lipinski definition) is 3. The van der Waals surface area contributed by atoms with E-state index in [9.17, 15) is 9.90 Å². The summed E-state index contributed by atoms with van der Waals surface area (Å²) in [5.74, 6) is 0.337. The second kappa shape index (κ2) is 6.16. The van der Waals surface area contributed by atoms with Crippen LogP contribution in [0.3, 0.4) is 0 Å². The highest BCUT2D eigenvalue weighted by Gasteiger charge is 2.50. The second-order valence-corrected chi connectivity index (χ2v) is 7.30. The molecular weight excluding hydrogens is 278 g/mol. The normalized spacial score (nSPS) is 25.7. The van der Waals surface area contributed by atoms with Gasteiger partial charge < -0.3 is 16.2 Å². The molecule has 0 spiro atoms. The first-order valence-electron chi connectivity index (χ1n) is 7.95. The third-order valence-electron chi connectivity index (χ3n) is 4.91. The first kappa shape index (κ1) is 16.6. The van der Waals surface area contributed by atoms with Crippen LogP contribution in [-0.2, 0) is 0 Å². The molecule has 0 saturated carbocycles. The monoisotopic (exact) mass is 306 g/mol. The van der Waals surface area contributed by atoms with Crippen LogP contribution in [0.2, 0.25) is 0 Å². The van der Waals surface area contributed by atoms with Gasteiger partial charge in [-0.3, -0.25) is 0 Å². The molecule has 5 heteroatoms. The van der Waals surface area contributed by atoms with Gasteiger partial charge in [0.1, 0.15) is 5.54 Å². The number of carboxylic acid groups (broad SMARTS) is 1. The van der Waals surface area contributed by atoms with E-state index >= 15 is 0 Å². The summed E-state index contributed by atoms with van der Waals surface area (Å²) in [5, 5.41) is 13.2. The number of carbonyl (C=O) groups is 1. The van der Waals surface area contributed by atoms with E-state index in [4.69, 9.17) is 5.73 Å². The van der Waals surface area contributed by atoms with E-state index in [0.717, 1.165) is 30.8 Å². The lowest BCUT2D eigenvalue weighted by Gasteiger charge is -2.48. The van der Waals surface area contributed by atoms with Crippen molar-refractivity contribution in [3.63, 3.8) is 0 Å². The molecule has 1 heterocycles. The van der Waals surface area contributed by atoms with Gasteiger partial charge in [-0.05, 0) is 45.7 Å². The van der Waals surface area contributed by atoms with E-state index in [-0.39, 0.29) is 10.0 Å². The van der Waals surface area contributed by atoms with E-state index in [1.807, 2.05) is 45.0 Å². The highest BCUT2D eigenvalue weighted by molar-refractivity contribution is 5.65. The Labute approximate surface area is 132 Å². The van der Waals surface area contributed by atoms with E-state index in [0.29, 0.717) is 19.0 Å². The summed E-state index contributed by atoms with van der Waals surface area (Å²) in [7, 11) is 0. The van der Waals surface area contributed by atoms with Crippen LogP contribution in [0.1, 0.15) is 33.6 Å². The molecule has 1 aromatic rings. The topological polar surface area (TPSA) is 75.3 Å². The van der Waals surface area contributed by atoms with Gasteiger partial charge in [0.2, 0.25) is 0 Å². The average Bonchev–Trinajstić information content (AvgIpc) is 2.45. The lowest BCUT2D eigenvalue weighted by Crippen LogP contribution is -2.67. The summed E-state index contributed by atoms with van der Waals surface area (Å²) in [6.07, 6.45) is 1.29. The number of rotatable bonds is 3. The molecule has 4 N–H and O–H groups in total. The summed E-state index contributed by atoms with van der Waals surface area (Å²) >= 11 is 0. The quantitative estimate of drug-likeness (QED) is 0.591. The molecule has 0 radical (unpaired) electrons. The van der Waals surface area contributed by atoms with Crippen molar-refractivity contribution in [3.8, 4) is 0 Å². The first-order chi connectivity index (χ1) is 10.3. The number of hydrogen-bond donors (Lipinski definition) is 3. The molecule has 2 atom stereocenters. The van der Waals surface area contributed by atoms with Crippen molar-refractivity contribution in [2.45, 2.75) is 39.2 Å². The molecule has 1 aromatic carbocycles. The number of piperidine rings is 1. The molecule has 0 bridgehead atoms. The number of quaternary nitrogens is 1. The number of nitrogens with one attached hydrogen (secondary N) is 1. The molecule has 1 amide bonds. The fourth-order valence-electron chi connectivity index (χ4n) is 3.42. The molecule has 1 aliphatic rings. The van der Waals surface area contributed by atoms with Gasteiger partial charge in [-0.2, -0.15) is 4.79 Å². The van der Waals surface area contributed by atoms with Crippen molar-refractivity contribution < 1.29 is 14.4 Å². The molecular formula is C17H28N3O2+. The Bertz CT molecular complexity index is 539. The van der Waals surface area contributed by atoms with Crippen LogP contribution in [0.5, 0.6) is 0 Å². The van der Waals surface area contributed by atoms with E-state index < -0.39 is 6.09 Å². The summed E-state index contributed by atoms with van der Waals surface area (Å²) in [4.78, 5) is 11.9. The number of amides is 1. The summed E-state index contributed by atoms with van der Waals surface area (Å²) in [5.41, 5.74) is 7.31. The Morgan fingerprint density at radius 1 is 1.41 bits per heavy atom. The second-order valence-electron chi connectivity index (χ2n) is 7.30. The molecule has 122 valence electrons. The zero-order chi connectivity index (χ0) is 16.4. The van der Waals surface area contributed by atoms with Gasteiger partial charge >= 0.3 is 6.09 Å². The Morgan fingerprint density at radius 2 is 2.09 bits per heavy atom. The highest BCUT2D eigenvalue weighted by atomic mass is 16.4. The lowest BCUT2D eigenvalue weighted by atomic mass is 9.89. The minimum atomic E-state index is -0.712. The number of para-hydroxylation sites is 2. The number of likely N-dealkylation sites (tertiary alicyclic amines) is 1. The maximum Gasteiger partial charge on any atom is 0.513 e. The molecule has 1 unspecified atom stereocenters. The fourth-order valence-corrected chi connectivity index (χ4v) is 3.42. The maximum absolute atomic E-state index is 11.9. The predicted octanol–water partition coefficient (Wildman–Crippen LogP) is 3.38. The Balaban J connectivity index is 2.07. The van der Waals surface area contributed by atoms with Crippen LogP contribution in [-0.4, -0.2) is 40.9 Å². The van der Waals surface area contributed by atoms with E-state index in [2.05, 4.69) is 5.32 Å². The SMILES string of the molecule is CC(C)(C)[N+]1(C(=O)O)CCC[C@H](CNc2ccccc2N)C1. The van der Waals surface area contributed by atoms with Gasteiger partial charge in [0, 0.05) is 12.5 Å². The van der Waals surface area contributed by atoms with Crippen LogP contribution >= 0.6 is 0 Å². The Hall–Kier alpha value is -1.75. The third kappa shape index (κ3) is 3.19. The van der Waals surface area contributed by atoms with Crippen LogP contribution in [0, 0.1) is 5.92 Å². The predicted molar refractivity (Wildman–Crippen MR) is 89.8 cm³/mol. The minimum Gasteiger partial charge on any atom is -0.435 e. The van der Waals surface area contributed by atoms with Crippen molar-refractivity contribution >= 4 is 17.5 Å². The number of anilines is 2. The highest BCUT2D eigenvalue weighted by Crippen LogP contribution is 2.33. The van der Waals surface area contributed by atoms with Gasteiger partial charge in [0.25, 0.3) is 0 Å². The van der Waals surface area contributed by atoms with Gasteiger partial charge in [-0.15, -0.1) is 0 Å². The zero-order valence-electron chi connectivity index (χ0n) is 13.8. The van der Waals surface area contributed by atoms with Gasteiger partial charge in [0.15, 0.2) is 0 Å². The van der Waals surface area contributed by atoms with Crippen molar-refractivity contribution in [1.82, 2.24) is 0 Å². The Morgan fingerprint density at radius 3 is 2.68 bits per heavy atom. The number of nitrogens with two attached hydrogens (primary N) is 1. The van der Waals surface area contributed by atoms with E-state index in [1.54, 1.807) is 0 Å². The number of nitrogen functional groups attached to an aromatic ring is 1. The van der Waals surface area contributed by atoms with Crippen LogP contribution in [0.15, 0.2) is 24.3 Å².